The fourth-order valence-corrected chi connectivity index (χ4v) is 5.36. The Hall–Kier alpha value is -1.99. The number of benzene rings is 1. The second-order valence-electron chi connectivity index (χ2n) is 7.01. The van der Waals surface area contributed by atoms with Gasteiger partial charge in [0.15, 0.2) is 11.0 Å². The molecule has 0 bridgehead atoms. The Bertz CT molecular complexity index is 823. The highest BCUT2D eigenvalue weighted by atomic mass is 31.2. The number of nitrogens with zero attached hydrogens (tertiary/aromatic N) is 1. The van der Waals surface area contributed by atoms with Crippen LogP contribution in [0, 0.1) is 0 Å². The molecule has 0 radical (unpaired) electrons. The van der Waals surface area contributed by atoms with Crippen LogP contribution in [-0.4, -0.2) is 55.5 Å². The van der Waals surface area contributed by atoms with E-state index in [9.17, 15) is 9.59 Å². The maximum Gasteiger partial charge on any atom is 0.357 e. The van der Waals surface area contributed by atoms with Gasteiger partial charge in [0.1, 0.15) is 11.2 Å². The molecule has 154 valence electrons. The van der Waals surface area contributed by atoms with Crippen LogP contribution in [0.2, 0.25) is 0 Å². The topological polar surface area (TPSA) is 92.7 Å². The zero-order chi connectivity index (χ0) is 21.2. The highest BCUT2D eigenvalue weighted by molar-refractivity contribution is 7.68. The van der Waals surface area contributed by atoms with Crippen molar-refractivity contribution in [3.8, 4) is 0 Å². The van der Waals surface area contributed by atoms with Crippen LogP contribution < -0.4 is 0 Å². The van der Waals surface area contributed by atoms with Crippen molar-refractivity contribution < 1.29 is 32.6 Å². The average Bonchev–Trinajstić information content (AvgIpc) is 2.85. The van der Waals surface area contributed by atoms with Crippen LogP contribution in [0.4, 0.5) is 5.69 Å². The van der Waals surface area contributed by atoms with Crippen LogP contribution in [0.15, 0.2) is 35.3 Å². The molecule has 0 spiro atoms. The SMILES string of the molecule is COC(=O)C(=Nc1ccccc1)C(C(=O)OC)=P1(OC)OC(C)(C)C(C)(C)O1. The molecular weight excluding hydrogens is 385 g/mol. The van der Waals surface area contributed by atoms with Gasteiger partial charge in [-0.3, -0.25) is 0 Å². The van der Waals surface area contributed by atoms with Gasteiger partial charge < -0.3 is 23.0 Å². The third-order valence-electron chi connectivity index (χ3n) is 4.64. The first kappa shape index (κ1) is 22.3. The summed E-state index contributed by atoms with van der Waals surface area (Å²) in [4.78, 5) is 29.7. The first-order valence-electron chi connectivity index (χ1n) is 8.58. The lowest BCUT2D eigenvalue weighted by atomic mass is 9.90. The average molecular weight is 411 g/mol. The second-order valence-corrected chi connectivity index (χ2v) is 9.18. The first-order chi connectivity index (χ1) is 13.0. The van der Waals surface area contributed by atoms with E-state index in [2.05, 4.69) is 4.99 Å². The molecule has 9 heteroatoms. The molecule has 0 atom stereocenters. The fourth-order valence-electron chi connectivity index (χ4n) is 2.45. The Morgan fingerprint density at radius 1 is 0.893 bits per heavy atom. The fraction of sp³-hybridized carbons (Fsp3) is 0.474. The van der Waals surface area contributed by atoms with Gasteiger partial charge in [0.05, 0.1) is 19.9 Å². The van der Waals surface area contributed by atoms with Crippen molar-refractivity contribution in [3.63, 3.8) is 0 Å². The number of hydrogen-bond acceptors (Lipinski definition) is 8. The van der Waals surface area contributed by atoms with Crippen molar-refractivity contribution in [2.24, 2.45) is 4.99 Å². The minimum absolute atomic E-state index is 0.230. The molecule has 1 aliphatic rings. The number of para-hydroxylation sites is 1. The van der Waals surface area contributed by atoms with Gasteiger partial charge in [0.2, 0.25) is 0 Å². The maximum absolute atomic E-state index is 12.8. The molecular formula is C19H26NO7P. The molecule has 1 aromatic carbocycles. The Balaban J connectivity index is 2.86. The van der Waals surface area contributed by atoms with Gasteiger partial charge in [-0.25, -0.2) is 14.6 Å². The summed E-state index contributed by atoms with van der Waals surface area (Å²) in [5.41, 5.74) is -1.48. The normalized spacial score (nSPS) is 19.8. The van der Waals surface area contributed by atoms with Crippen molar-refractivity contribution in [2.75, 3.05) is 21.3 Å². The molecule has 1 fully saturated rings. The molecule has 28 heavy (non-hydrogen) atoms. The standard InChI is InChI=1S/C19H26NO7P/c1-18(2)19(3,4)27-28(25-7,26-18)15(17(22)24-6)14(16(21)23-5)20-13-11-9-8-10-12-13/h8-12H,1-7H3. The smallest absolute Gasteiger partial charge is 0.357 e. The molecule has 8 nitrogen and oxygen atoms in total. The first-order valence-corrected chi connectivity index (χ1v) is 10.1. The van der Waals surface area contributed by atoms with Gasteiger partial charge in [-0.15, -0.1) is 0 Å². The molecule has 0 aromatic heterocycles. The van der Waals surface area contributed by atoms with Crippen molar-refractivity contribution >= 4 is 36.2 Å². The van der Waals surface area contributed by atoms with Crippen LogP contribution in [0.1, 0.15) is 27.7 Å². The van der Waals surface area contributed by atoms with Gasteiger partial charge in [0, 0.05) is 7.11 Å². The Morgan fingerprint density at radius 2 is 1.39 bits per heavy atom. The lowest BCUT2D eigenvalue weighted by Gasteiger charge is -2.29. The van der Waals surface area contributed by atoms with Gasteiger partial charge in [-0.1, -0.05) is 18.2 Å². The molecule has 0 amide bonds. The Labute approximate surface area is 165 Å². The predicted octanol–water partition coefficient (Wildman–Crippen LogP) is 3.29. The van der Waals surface area contributed by atoms with Gasteiger partial charge >= 0.3 is 11.9 Å². The molecule has 0 aliphatic carbocycles. The van der Waals surface area contributed by atoms with Crippen molar-refractivity contribution in [2.45, 2.75) is 38.9 Å². The van der Waals surface area contributed by atoms with Crippen LogP contribution in [0.25, 0.3) is 0 Å². The van der Waals surface area contributed by atoms with Crippen LogP contribution >= 0.6 is 7.57 Å². The Kier molecular flexibility index (Phi) is 6.51. The van der Waals surface area contributed by atoms with E-state index in [0.717, 1.165) is 0 Å². The van der Waals surface area contributed by atoms with Crippen LogP contribution in [0.3, 0.4) is 0 Å². The third kappa shape index (κ3) is 4.05. The van der Waals surface area contributed by atoms with E-state index in [1.54, 1.807) is 30.3 Å². The molecule has 0 unspecified atom stereocenters. The number of carbonyl (C=O) groups excluding carboxylic acids is 2. The van der Waals surface area contributed by atoms with E-state index >= 15 is 0 Å². The van der Waals surface area contributed by atoms with Crippen molar-refractivity contribution in [1.29, 1.82) is 0 Å². The lowest BCUT2D eigenvalue weighted by Crippen LogP contribution is -2.41. The summed E-state index contributed by atoms with van der Waals surface area (Å²) < 4.78 is 27.7. The lowest BCUT2D eigenvalue weighted by molar-refractivity contribution is -0.134. The molecule has 2 rings (SSSR count). The van der Waals surface area contributed by atoms with Crippen LogP contribution in [0.5, 0.6) is 0 Å². The summed E-state index contributed by atoms with van der Waals surface area (Å²) >= 11 is 0. The van der Waals surface area contributed by atoms with E-state index in [1.807, 2.05) is 27.7 Å². The highest BCUT2D eigenvalue weighted by Crippen LogP contribution is 2.66. The summed E-state index contributed by atoms with van der Waals surface area (Å²) in [6, 6.07) is 8.67. The van der Waals surface area contributed by atoms with Gasteiger partial charge in [-0.2, -0.15) is 0 Å². The summed E-state index contributed by atoms with van der Waals surface area (Å²) in [5, 5.41) is -0.230. The van der Waals surface area contributed by atoms with Crippen LogP contribution in [-0.2, 0) is 32.6 Å². The van der Waals surface area contributed by atoms with Crippen molar-refractivity contribution in [3.05, 3.63) is 30.3 Å². The maximum atomic E-state index is 12.8. The minimum atomic E-state index is -3.50. The molecule has 0 saturated carbocycles. The summed E-state index contributed by atoms with van der Waals surface area (Å²) in [5.74, 6) is -1.68. The summed E-state index contributed by atoms with van der Waals surface area (Å²) in [6.45, 7) is 7.26. The predicted molar refractivity (Wildman–Crippen MR) is 107 cm³/mol. The van der Waals surface area contributed by atoms with Gasteiger partial charge in [0.25, 0.3) is 7.57 Å². The number of hydrogen-bond donors (Lipinski definition) is 0. The number of carbonyl (C=O) groups is 2. The summed E-state index contributed by atoms with van der Waals surface area (Å²) in [6.07, 6.45) is 0. The van der Waals surface area contributed by atoms with Gasteiger partial charge in [-0.05, 0) is 39.8 Å². The molecule has 0 N–H and O–H groups in total. The largest absolute Gasteiger partial charge is 0.465 e. The number of esters is 2. The number of aliphatic imine (C=N–C) groups is 1. The Morgan fingerprint density at radius 3 is 1.82 bits per heavy atom. The zero-order valence-corrected chi connectivity index (χ0v) is 18.0. The van der Waals surface area contributed by atoms with Crippen molar-refractivity contribution in [1.82, 2.24) is 0 Å². The van der Waals surface area contributed by atoms with E-state index in [1.165, 1.54) is 21.3 Å². The number of ether oxygens (including phenoxy) is 2. The van der Waals surface area contributed by atoms with E-state index in [0.29, 0.717) is 5.69 Å². The second kappa shape index (κ2) is 8.17. The molecule has 1 aromatic rings. The molecule has 1 aliphatic heterocycles. The quantitative estimate of drug-likeness (QED) is 0.417. The zero-order valence-electron chi connectivity index (χ0n) is 17.1. The molecule has 1 heterocycles. The third-order valence-corrected chi connectivity index (χ3v) is 7.46. The highest BCUT2D eigenvalue weighted by Gasteiger charge is 2.57. The van der Waals surface area contributed by atoms with E-state index in [-0.39, 0.29) is 11.0 Å². The monoisotopic (exact) mass is 411 g/mol. The number of rotatable bonds is 5. The number of methoxy groups -OCH3 is 2. The summed E-state index contributed by atoms with van der Waals surface area (Å²) in [7, 11) is 0.237. The van der Waals surface area contributed by atoms with E-state index in [4.69, 9.17) is 23.0 Å². The molecule has 1 saturated heterocycles. The van der Waals surface area contributed by atoms with E-state index < -0.39 is 30.7 Å². The minimum Gasteiger partial charge on any atom is -0.465 e.